The van der Waals surface area contributed by atoms with Gasteiger partial charge in [0.1, 0.15) is 6.54 Å². The summed E-state index contributed by atoms with van der Waals surface area (Å²) in [4.78, 5) is 41.1. The van der Waals surface area contributed by atoms with E-state index in [0.717, 1.165) is 25.8 Å². The third-order valence-corrected chi connectivity index (χ3v) is 4.64. The van der Waals surface area contributed by atoms with Crippen molar-refractivity contribution >= 4 is 16.8 Å². The standard InChI is InChI=1S/C18H23N3O3/c1-12(2)10-13-6-5-9-20(13)16(22)11-21-15-8-4-3-7-14(15)17(23)19-18(21)24/h3-4,7-8,12-13H,5-6,9-11H2,1-2H3,(H,19,23,24). The van der Waals surface area contributed by atoms with Gasteiger partial charge in [0.15, 0.2) is 0 Å². The van der Waals surface area contributed by atoms with Crippen molar-refractivity contribution in [2.45, 2.75) is 45.7 Å². The first kappa shape index (κ1) is 16.5. The number of nitrogens with zero attached hydrogens (tertiary/aromatic N) is 2. The lowest BCUT2D eigenvalue weighted by atomic mass is 10.0. The van der Waals surface area contributed by atoms with Gasteiger partial charge in [-0.1, -0.05) is 26.0 Å². The molecule has 2 heterocycles. The Balaban J connectivity index is 1.91. The molecule has 1 aromatic carbocycles. The van der Waals surface area contributed by atoms with E-state index in [1.54, 1.807) is 24.3 Å². The zero-order valence-electron chi connectivity index (χ0n) is 14.1. The molecule has 24 heavy (non-hydrogen) atoms. The van der Waals surface area contributed by atoms with Crippen molar-refractivity contribution in [2.75, 3.05) is 6.54 Å². The number of aromatic nitrogens is 2. The van der Waals surface area contributed by atoms with Crippen LogP contribution in [0.25, 0.3) is 10.9 Å². The van der Waals surface area contributed by atoms with Crippen molar-refractivity contribution in [1.29, 1.82) is 0 Å². The molecule has 0 aliphatic carbocycles. The van der Waals surface area contributed by atoms with Crippen LogP contribution >= 0.6 is 0 Å². The molecule has 1 fully saturated rings. The molecule has 128 valence electrons. The van der Waals surface area contributed by atoms with Gasteiger partial charge in [0, 0.05) is 12.6 Å². The number of amides is 1. The van der Waals surface area contributed by atoms with Gasteiger partial charge in [-0.25, -0.2) is 4.79 Å². The number of hydrogen-bond acceptors (Lipinski definition) is 3. The van der Waals surface area contributed by atoms with Crippen molar-refractivity contribution in [3.63, 3.8) is 0 Å². The Kier molecular flexibility index (Phi) is 4.55. The fraction of sp³-hybridized carbons (Fsp3) is 0.500. The summed E-state index contributed by atoms with van der Waals surface area (Å²) in [7, 11) is 0. The SMILES string of the molecule is CC(C)CC1CCCN1C(=O)Cn1c(=O)[nH]c(=O)c2ccccc21. The van der Waals surface area contributed by atoms with Gasteiger partial charge in [-0.2, -0.15) is 0 Å². The normalized spacial score (nSPS) is 17.8. The number of nitrogens with one attached hydrogen (secondary N) is 1. The maximum Gasteiger partial charge on any atom is 0.329 e. The van der Waals surface area contributed by atoms with Crippen LogP contribution in [0.4, 0.5) is 0 Å². The molecule has 1 saturated heterocycles. The smallest absolute Gasteiger partial charge is 0.329 e. The minimum atomic E-state index is -0.536. The van der Waals surface area contributed by atoms with Gasteiger partial charge in [0.05, 0.1) is 10.9 Å². The van der Waals surface area contributed by atoms with Crippen LogP contribution in [0.3, 0.4) is 0 Å². The largest absolute Gasteiger partial charge is 0.338 e. The molecule has 0 radical (unpaired) electrons. The second-order valence-corrected chi connectivity index (χ2v) is 6.88. The van der Waals surface area contributed by atoms with E-state index >= 15 is 0 Å². The first-order valence-corrected chi connectivity index (χ1v) is 8.48. The third kappa shape index (κ3) is 3.13. The van der Waals surface area contributed by atoms with E-state index in [2.05, 4.69) is 18.8 Å². The summed E-state index contributed by atoms with van der Waals surface area (Å²) in [6.07, 6.45) is 3.00. The topological polar surface area (TPSA) is 75.2 Å². The molecular weight excluding hydrogens is 306 g/mol. The lowest BCUT2D eigenvalue weighted by molar-refractivity contribution is -0.132. The van der Waals surface area contributed by atoms with Gasteiger partial charge in [0.2, 0.25) is 5.91 Å². The molecule has 1 atom stereocenters. The van der Waals surface area contributed by atoms with Crippen molar-refractivity contribution in [2.24, 2.45) is 5.92 Å². The number of benzene rings is 1. The van der Waals surface area contributed by atoms with Crippen molar-refractivity contribution in [3.8, 4) is 0 Å². The van der Waals surface area contributed by atoms with Crippen LogP contribution < -0.4 is 11.2 Å². The number of H-pyrrole nitrogens is 1. The Hall–Kier alpha value is -2.37. The van der Waals surface area contributed by atoms with Crippen molar-refractivity contribution in [1.82, 2.24) is 14.5 Å². The number of para-hydroxylation sites is 1. The molecule has 0 saturated carbocycles. The van der Waals surface area contributed by atoms with E-state index in [9.17, 15) is 14.4 Å². The second kappa shape index (κ2) is 6.63. The average Bonchev–Trinajstić information content (AvgIpc) is 2.98. The van der Waals surface area contributed by atoms with Crippen LogP contribution in [0.15, 0.2) is 33.9 Å². The summed E-state index contributed by atoms with van der Waals surface area (Å²) < 4.78 is 1.36. The van der Waals surface area contributed by atoms with Crippen LogP contribution in [0.1, 0.15) is 33.1 Å². The molecule has 2 aromatic rings. The monoisotopic (exact) mass is 329 g/mol. The molecule has 1 unspecified atom stereocenters. The van der Waals surface area contributed by atoms with Crippen LogP contribution in [-0.4, -0.2) is 32.9 Å². The molecule has 1 amide bonds. The van der Waals surface area contributed by atoms with Crippen molar-refractivity contribution in [3.05, 3.63) is 45.1 Å². The van der Waals surface area contributed by atoms with E-state index in [4.69, 9.17) is 0 Å². The number of fused-ring (bicyclic) bond motifs is 1. The fourth-order valence-electron chi connectivity index (χ4n) is 3.58. The molecule has 0 bridgehead atoms. The van der Waals surface area contributed by atoms with Gasteiger partial charge in [-0.3, -0.25) is 19.1 Å². The maximum atomic E-state index is 12.8. The molecular formula is C18H23N3O3. The highest BCUT2D eigenvalue weighted by molar-refractivity contribution is 5.81. The second-order valence-electron chi connectivity index (χ2n) is 6.88. The third-order valence-electron chi connectivity index (χ3n) is 4.64. The summed E-state index contributed by atoms with van der Waals surface area (Å²) in [6, 6.07) is 7.12. The number of carbonyl (C=O) groups excluding carboxylic acids is 1. The molecule has 6 heteroatoms. The Morgan fingerprint density at radius 2 is 2.04 bits per heavy atom. The van der Waals surface area contributed by atoms with E-state index in [1.165, 1.54) is 4.57 Å². The predicted molar refractivity (Wildman–Crippen MR) is 93.0 cm³/mol. The van der Waals surface area contributed by atoms with Gasteiger partial charge >= 0.3 is 5.69 Å². The number of likely N-dealkylation sites (tertiary alicyclic amines) is 1. The lowest BCUT2D eigenvalue weighted by Crippen LogP contribution is -2.41. The Morgan fingerprint density at radius 1 is 1.29 bits per heavy atom. The number of rotatable bonds is 4. The Labute approximate surface area is 140 Å². The molecule has 3 rings (SSSR count). The highest BCUT2D eigenvalue weighted by Crippen LogP contribution is 2.23. The molecule has 6 nitrogen and oxygen atoms in total. The van der Waals surface area contributed by atoms with Gasteiger partial charge in [-0.15, -0.1) is 0 Å². The van der Waals surface area contributed by atoms with Gasteiger partial charge in [-0.05, 0) is 37.3 Å². The molecule has 1 aliphatic rings. The molecule has 0 spiro atoms. The zero-order valence-corrected chi connectivity index (χ0v) is 14.1. The zero-order chi connectivity index (χ0) is 17.3. The first-order valence-electron chi connectivity index (χ1n) is 8.48. The fourth-order valence-corrected chi connectivity index (χ4v) is 3.58. The highest BCUT2D eigenvalue weighted by atomic mass is 16.2. The summed E-state index contributed by atoms with van der Waals surface area (Å²) in [5, 5.41) is 0.421. The number of hydrogen-bond donors (Lipinski definition) is 1. The maximum absolute atomic E-state index is 12.8. The lowest BCUT2D eigenvalue weighted by Gasteiger charge is -2.26. The first-order chi connectivity index (χ1) is 11.5. The van der Waals surface area contributed by atoms with E-state index in [-0.39, 0.29) is 18.5 Å². The van der Waals surface area contributed by atoms with E-state index in [1.807, 2.05) is 4.90 Å². The molecule has 1 N–H and O–H groups in total. The van der Waals surface area contributed by atoms with Gasteiger partial charge in [0.25, 0.3) is 5.56 Å². The molecule has 1 aliphatic heterocycles. The van der Waals surface area contributed by atoms with Crippen LogP contribution in [0.5, 0.6) is 0 Å². The average molecular weight is 329 g/mol. The highest BCUT2D eigenvalue weighted by Gasteiger charge is 2.29. The van der Waals surface area contributed by atoms with Gasteiger partial charge < -0.3 is 4.90 Å². The molecule has 1 aromatic heterocycles. The summed E-state index contributed by atoms with van der Waals surface area (Å²) in [6.45, 7) is 5.01. The number of carbonyl (C=O) groups is 1. The van der Waals surface area contributed by atoms with E-state index < -0.39 is 11.2 Å². The van der Waals surface area contributed by atoms with E-state index in [0.29, 0.717) is 16.8 Å². The minimum absolute atomic E-state index is 0.0370. The summed E-state index contributed by atoms with van der Waals surface area (Å²) in [5.41, 5.74) is -0.455. The summed E-state index contributed by atoms with van der Waals surface area (Å²) >= 11 is 0. The number of aromatic amines is 1. The quantitative estimate of drug-likeness (QED) is 0.928. The van der Waals surface area contributed by atoms with Crippen molar-refractivity contribution < 1.29 is 4.79 Å². The summed E-state index contributed by atoms with van der Waals surface area (Å²) in [5.74, 6) is 0.470. The predicted octanol–water partition coefficient (Wildman–Crippen LogP) is 1.73. The Morgan fingerprint density at radius 3 is 2.79 bits per heavy atom. The van der Waals surface area contributed by atoms with Crippen LogP contribution in [-0.2, 0) is 11.3 Å². The Bertz CT molecular complexity index is 866. The van der Waals surface area contributed by atoms with Crippen LogP contribution in [0, 0.1) is 5.92 Å². The minimum Gasteiger partial charge on any atom is -0.338 e. The van der Waals surface area contributed by atoms with Crippen LogP contribution in [0.2, 0.25) is 0 Å².